The highest BCUT2D eigenvalue weighted by Gasteiger charge is 2.18. The molecule has 5 nitrogen and oxygen atoms in total. The number of likely N-dealkylation sites (N-methyl/N-ethyl adjacent to an activating group) is 1. The fourth-order valence-electron chi connectivity index (χ4n) is 2.08. The van der Waals surface area contributed by atoms with E-state index >= 15 is 0 Å². The number of ether oxygens (including phenoxy) is 1. The largest absolute Gasteiger partial charge is 0.496 e. The summed E-state index contributed by atoms with van der Waals surface area (Å²) in [6.07, 6.45) is 0.246. The van der Waals surface area contributed by atoms with Crippen molar-refractivity contribution in [2.45, 2.75) is 26.4 Å². The van der Waals surface area contributed by atoms with Crippen LogP contribution >= 0.6 is 0 Å². The van der Waals surface area contributed by atoms with Crippen LogP contribution in [0, 0.1) is 0 Å². The Morgan fingerprint density at radius 2 is 2.20 bits per heavy atom. The van der Waals surface area contributed by atoms with Gasteiger partial charge in [-0.25, -0.2) is 0 Å². The number of amides is 1. The summed E-state index contributed by atoms with van der Waals surface area (Å²) in [7, 11) is 3.39. The third-order valence-electron chi connectivity index (χ3n) is 3.04. The highest BCUT2D eigenvalue weighted by atomic mass is 16.5. The van der Waals surface area contributed by atoms with Crippen molar-refractivity contribution in [3.05, 3.63) is 23.8 Å². The Morgan fingerprint density at radius 1 is 1.50 bits per heavy atom. The van der Waals surface area contributed by atoms with Crippen LogP contribution in [0.25, 0.3) is 0 Å². The molecular weight excluding hydrogens is 256 g/mol. The van der Waals surface area contributed by atoms with Crippen LogP contribution in [0.1, 0.15) is 31.9 Å². The lowest BCUT2D eigenvalue weighted by Gasteiger charge is -2.24. The molecule has 0 aliphatic carbocycles. The number of carbonyl (C=O) groups is 1. The summed E-state index contributed by atoms with van der Waals surface area (Å²) in [5.41, 5.74) is 1.49. The standard InChI is InChI=1S/C15H24N2O3/c1-5-9-16-14(19)10-17(3)12-7-6-8-13(20-4)15(12)11(2)18/h6-8,11,18H,5,9-10H2,1-4H3,(H,16,19)/t11-/m0/s1. The van der Waals surface area contributed by atoms with E-state index in [2.05, 4.69) is 5.32 Å². The van der Waals surface area contributed by atoms with Crippen molar-refractivity contribution in [2.75, 3.05) is 32.1 Å². The topological polar surface area (TPSA) is 61.8 Å². The maximum atomic E-state index is 11.8. The summed E-state index contributed by atoms with van der Waals surface area (Å²) in [6, 6.07) is 5.52. The van der Waals surface area contributed by atoms with Crippen molar-refractivity contribution in [3.8, 4) is 5.75 Å². The van der Waals surface area contributed by atoms with E-state index in [1.807, 2.05) is 31.0 Å². The van der Waals surface area contributed by atoms with E-state index in [1.165, 1.54) is 0 Å². The van der Waals surface area contributed by atoms with E-state index in [9.17, 15) is 9.90 Å². The number of benzene rings is 1. The van der Waals surface area contributed by atoms with Crippen molar-refractivity contribution in [1.82, 2.24) is 5.32 Å². The van der Waals surface area contributed by atoms with Gasteiger partial charge in [0.1, 0.15) is 5.75 Å². The Labute approximate surface area is 120 Å². The molecule has 2 N–H and O–H groups in total. The maximum Gasteiger partial charge on any atom is 0.239 e. The number of nitrogens with zero attached hydrogens (tertiary/aromatic N) is 1. The Morgan fingerprint density at radius 3 is 2.75 bits per heavy atom. The Bertz CT molecular complexity index is 447. The Balaban J connectivity index is 2.92. The summed E-state index contributed by atoms with van der Waals surface area (Å²) in [4.78, 5) is 13.6. The van der Waals surface area contributed by atoms with Crippen LogP contribution in [0.4, 0.5) is 5.69 Å². The minimum Gasteiger partial charge on any atom is -0.496 e. The fourth-order valence-corrected chi connectivity index (χ4v) is 2.08. The Kier molecular flexibility index (Phi) is 6.31. The van der Waals surface area contributed by atoms with Gasteiger partial charge >= 0.3 is 0 Å². The van der Waals surface area contributed by atoms with Crippen LogP contribution in [-0.2, 0) is 4.79 Å². The SMILES string of the molecule is CCCNC(=O)CN(C)c1cccc(OC)c1[C@H](C)O. The monoisotopic (exact) mass is 280 g/mol. The minimum absolute atomic E-state index is 0.0336. The number of methoxy groups -OCH3 is 1. The van der Waals surface area contributed by atoms with Gasteiger partial charge < -0.3 is 20.1 Å². The van der Waals surface area contributed by atoms with Crippen molar-refractivity contribution in [2.24, 2.45) is 0 Å². The van der Waals surface area contributed by atoms with E-state index in [0.29, 0.717) is 17.9 Å². The summed E-state index contributed by atoms with van der Waals surface area (Å²) in [5, 5.41) is 12.8. The molecule has 20 heavy (non-hydrogen) atoms. The van der Waals surface area contributed by atoms with Gasteiger partial charge in [0.05, 0.1) is 19.8 Å². The zero-order valence-corrected chi connectivity index (χ0v) is 12.6. The highest BCUT2D eigenvalue weighted by molar-refractivity contribution is 5.81. The first kappa shape index (κ1) is 16.3. The zero-order valence-electron chi connectivity index (χ0n) is 12.6. The van der Waals surface area contributed by atoms with Crippen LogP contribution in [0.5, 0.6) is 5.75 Å². The van der Waals surface area contributed by atoms with Gasteiger partial charge in [0.15, 0.2) is 0 Å². The highest BCUT2D eigenvalue weighted by Crippen LogP contribution is 2.33. The van der Waals surface area contributed by atoms with E-state index in [0.717, 1.165) is 12.1 Å². The second-order valence-corrected chi connectivity index (χ2v) is 4.78. The van der Waals surface area contributed by atoms with E-state index in [4.69, 9.17) is 4.74 Å². The van der Waals surface area contributed by atoms with Crippen molar-refractivity contribution < 1.29 is 14.6 Å². The number of nitrogens with one attached hydrogen (secondary N) is 1. The molecular formula is C15H24N2O3. The van der Waals surface area contributed by atoms with Gasteiger partial charge in [0, 0.05) is 24.8 Å². The van der Waals surface area contributed by atoms with Gasteiger partial charge in [-0.15, -0.1) is 0 Å². The number of aliphatic hydroxyl groups is 1. The van der Waals surface area contributed by atoms with Crippen molar-refractivity contribution >= 4 is 11.6 Å². The second-order valence-electron chi connectivity index (χ2n) is 4.78. The van der Waals surface area contributed by atoms with Gasteiger partial charge in [-0.2, -0.15) is 0 Å². The average Bonchev–Trinajstić information content (AvgIpc) is 2.43. The van der Waals surface area contributed by atoms with Crippen molar-refractivity contribution in [3.63, 3.8) is 0 Å². The van der Waals surface area contributed by atoms with Gasteiger partial charge in [-0.3, -0.25) is 4.79 Å². The predicted molar refractivity (Wildman–Crippen MR) is 80.2 cm³/mol. The Hall–Kier alpha value is -1.75. The van der Waals surface area contributed by atoms with E-state index in [-0.39, 0.29) is 12.5 Å². The third kappa shape index (κ3) is 4.13. The first-order valence-electron chi connectivity index (χ1n) is 6.84. The average molecular weight is 280 g/mol. The number of rotatable bonds is 7. The van der Waals surface area contributed by atoms with Gasteiger partial charge in [0.25, 0.3) is 0 Å². The normalized spacial score (nSPS) is 11.8. The molecule has 0 saturated carbocycles. The summed E-state index contributed by atoms with van der Waals surface area (Å²) in [5.74, 6) is 0.590. The molecule has 112 valence electrons. The smallest absolute Gasteiger partial charge is 0.239 e. The van der Waals surface area contributed by atoms with E-state index in [1.54, 1.807) is 20.1 Å². The molecule has 0 saturated heterocycles. The van der Waals surface area contributed by atoms with Crippen LogP contribution in [0.3, 0.4) is 0 Å². The molecule has 0 radical (unpaired) electrons. The van der Waals surface area contributed by atoms with Gasteiger partial charge in [-0.1, -0.05) is 13.0 Å². The molecule has 0 unspecified atom stereocenters. The zero-order chi connectivity index (χ0) is 15.1. The molecule has 0 aliphatic rings. The number of anilines is 1. The molecule has 1 rings (SSSR count). The third-order valence-corrected chi connectivity index (χ3v) is 3.04. The number of aliphatic hydroxyl groups excluding tert-OH is 1. The second kappa shape index (κ2) is 7.75. The van der Waals surface area contributed by atoms with Gasteiger partial charge in [0.2, 0.25) is 5.91 Å². The number of carbonyl (C=O) groups excluding carboxylic acids is 1. The molecule has 0 heterocycles. The van der Waals surface area contributed by atoms with Crippen molar-refractivity contribution in [1.29, 1.82) is 0 Å². The van der Waals surface area contributed by atoms with Gasteiger partial charge in [-0.05, 0) is 25.5 Å². The number of hydrogen-bond acceptors (Lipinski definition) is 4. The van der Waals surface area contributed by atoms with Crippen LogP contribution < -0.4 is 15.0 Å². The maximum absolute atomic E-state index is 11.8. The molecule has 1 aromatic carbocycles. The first-order chi connectivity index (χ1) is 9.51. The molecule has 0 aromatic heterocycles. The summed E-state index contributed by atoms with van der Waals surface area (Å²) < 4.78 is 5.28. The summed E-state index contributed by atoms with van der Waals surface area (Å²) in [6.45, 7) is 4.62. The summed E-state index contributed by atoms with van der Waals surface area (Å²) >= 11 is 0. The number of hydrogen-bond donors (Lipinski definition) is 2. The fraction of sp³-hybridized carbons (Fsp3) is 0.533. The minimum atomic E-state index is -0.665. The first-order valence-corrected chi connectivity index (χ1v) is 6.84. The molecule has 0 fully saturated rings. The quantitative estimate of drug-likeness (QED) is 0.798. The molecule has 1 aromatic rings. The molecule has 5 heteroatoms. The van der Waals surface area contributed by atoms with Crippen LogP contribution in [0.15, 0.2) is 18.2 Å². The molecule has 1 amide bonds. The lowest BCUT2D eigenvalue weighted by atomic mass is 10.1. The van der Waals surface area contributed by atoms with E-state index < -0.39 is 6.10 Å². The molecule has 1 atom stereocenters. The lowest BCUT2D eigenvalue weighted by molar-refractivity contribution is -0.119. The molecule has 0 spiro atoms. The lowest BCUT2D eigenvalue weighted by Crippen LogP contribution is -2.36. The molecule has 0 bridgehead atoms. The molecule has 0 aliphatic heterocycles. The predicted octanol–water partition coefficient (Wildman–Crippen LogP) is 1.71. The van der Waals surface area contributed by atoms with Crippen LogP contribution in [0.2, 0.25) is 0 Å². The van der Waals surface area contributed by atoms with Crippen LogP contribution in [-0.4, -0.2) is 38.3 Å².